The van der Waals surface area contributed by atoms with Crippen molar-refractivity contribution in [3.8, 4) is 6.07 Å². The topological polar surface area (TPSA) is 90.3 Å². The van der Waals surface area contributed by atoms with Crippen LogP contribution in [0.3, 0.4) is 0 Å². The minimum atomic E-state index is -3.19. The maximum atomic E-state index is 12.2. The lowest BCUT2D eigenvalue weighted by molar-refractivity contribution is -0.120. The van der Waals surface area contributed by atoms with Gasteiger partial charge in [-0.3, -0.25) is 4.79 Å². The zero-order valence-corrected chi connectivity index (χ0v) is 12.6. The summed E-state index contributed by atoms with van der Waals surface area (Å²) in [6.07, 6.45) is 2.16. The Hall–Kier alpha value is -1.91. The Morgan fingerprint density at radius 1 is 1.33 bits per heavy atom. The van der Waals surface area contributed by atoms with Crippen molar-refractivity contribution in [2.24, 2.45) is 5.92 Å². The summed E-state index contributed by atoms with van der Waals surface area (Å²) in [6, 6.07) is 8.84. The van der Waals surface area contributed by atoms with Gasteiger partial charge in [0.05, 0.1) is 17.5 Å². The Balaban J connectivity index is 1.99. The maximum Gasteiger partial charge on any atom is 0.227 e. The quantitative estimate of drug-likeness (QED) is 0.907. The zero-order valence-electron chi connectivity index (χ0n) is 11.7. The molecule has 1 aromatic rings. The number of carbonyl (C=O) groups is 1. The second-order valence-corrected chi connectivity index (χ2v) is 7.07. The van der Waals surface area contributed by atoms with Gasteiger partial charge in [0.2, 0.25) is 15.9 Å². The van der Waals surface area contributed by atoms with Crippen LogP contribution in [0.2, 0.25) is 0 Å². The average Bonchev–Trinajstić information content (AvgIpc) is 2.47. The van der Waals surface area contributed by atoms with Gasteiger partial charge in [-0.15, -0.1) is 0 Å². The number of nitrogens with one attached hydrogen (secondary N) is 1. The van der Waals surface area contributed by atoms with Crippen molar-refractivity contribution >= 4 is 21.6 Å². The molecule has 112 valence electrons. The van der Waals surface area contributed by atoms with Crippen LogP contribution >= 0.6 is 0 Å². The number of anilines is 1. The Bertz CT molecular complexity index is 671. The molecule has 1 saturated heterocycles. The average molecular weight is 307 g/mol. The fourth-order valence-corrected chi connectivity index (χ4v) is 3.25. The third-order valence-corrected chi connectivity index (χ3v) is 4.90. The number of rotatable bonds is 3. The molecular formula is C14H17N3O3S. The van der Waals surface area contributed by atoms with E-state index in [1.165, 1.54) is 10.6 Å². The lowest BCUT2D eigenvalue weighted by Gasteiger charge is -2.29. The smallest absolute Gasteiger partial charge is 0.227 e. The van der Waals surface area contributed by atoms with Crippen molar-refractivity contribution in [2.75, 3.05) is 24.7 Å². The van der Waals surface area contributed by atoms with E-state index in [4.69, 9.17) is 5.26 Å². The predicted molar refractivity (Wildman–Crippen MR) is 78.9 cm³/mol. The number of piperidine rings is 1. The van der Waals surface area contributed by atoms with Crippen LogP contribution in [0.15, 0.2) is 24.3 Å². The van der Waals surface area contributed by atoms with Crippen molar-refractivity contribution in [1.82, 2.24) is 4.31 Å². The molecule has 0 atom stereocenters. The lowest BCUT2D eigenvalue weighted by Crippen LogP contribution is -2.40. The van der Waals surface area contributed by atoms with Crippen molar-refractivity contribution in [2.45, 2.75) is 12.8 Å². The molecule has 0 aromatic heterocycles. The molecule has 0 unspecified atom stereocenters. The summed E-state index contributed by atoms with van der Waals surface area (Å²) in [7, 11) is -3.19. The van der Waals surface area contributed by atoms with E-state index in [-0.39, 0.29) is 11.8 Å². The van der Waals surface area contributed by atoms with Gasteiger partial charge in [0, 0.05) is 19.0 Å². The second kappa shape index (κ2) is 6.24. The van der Waals surface area contributed by atoms with Gasteiger partial charge in [-0.25, -0.2) is 12.7 Å². The first-order valence-corrected chi connectivity index (χ1v) is 8.52. The van der Waals surface area contributed by atoms with Crippen LogP contribution in [-0.4, -0.2) is 38.0 Å². The second-order valence-electron chi connectivity index (χ2n) is 5.08. The molecule has 0 aliphatic carbocycles. The third kappa shape index (κ3) is 3.80. The first-order valence-electron chi connectivity index (χ1n) is 6.67. The number of sulfonamides is 1. The van der Waals surface area contributed by atoms with E-state index in [9.17, 15) is 13.2 Å². The normalized spacial score (nSPS) is 17.1. The summed E-state index contributed by atoms with van der Waals surface area (Å²) < 4.78 is 24.2. The Morgan fingerprint density at radius 3 is 2.52 bits per heavy atom. The summed E-state index contributed by atoms with van der Waals surface area (Å²) in [4.78, 5) is 12.2. The molecule has 2 rings (SSSR count). The van der Waals surface area contributed by atoms with Gasteiger partial charge < -0.3 is 5.32 Å². The van der Waals surface area contributed by atoms with E-state index in [0.717, 1.165) is 0 Å². The van der Waals surface area contributed by atoms with Crippen LogP contribution < -0.4 is 5.32 Å². The number of hydrogen-bond acceptors (Lipinski definition) is 4. The predicted octanol–water partition coefficient (Wildman–Crippen LogP) is 1.17. The van der Waals surface area contributed by atoms with Crippen molar-refractivity contribution in [1.29, 1.82) is 5.26 Å². The fourth-order valence-electron chi connectivity index (χ4n) is 2.37. The summed E-state index contributed by atoms with van der Waals surface area (Å²) in [6.45, 7) is 0.716. The Kier molecular flexibility index (Phi) is 4.60. The van der Waals surface area contributed by atoms with E-state index >= 15 is 0 Å². The zero-order chi connectivity index (χ0) is 15.5. The molecule has 1 aliphatic heterocycles. The van der Waals surface area contributed by atoms with Crippen molar-refractivity contribution in [3.63, 3.8) is 0 Å². The van der Waals surface area contributed by atoms with Gasteiger partial charge in [-0.05, 0) is 25.0 Å². The molecule has 1 aromatic carbocycles. The van der Waals surface area contributed by atoms with E-state index in [1.54, 1.807) is 24.3 Å². The molecule has 0 spiro atoms. The summed E-state index contributed by atoms with van der Waals surface area (Å²) in [5.41, 5.74) is 0.912. The number of para-hydroxylation sites is 1. The summed E-state index contributed by atoms with van der Waals surface area (Å²) in [5, 5.41) is 11.7. The van der Waals surface area contributed by atoms with Crippen LogP contribution in [0.25, 0.3) is 0 Å². The first kappa shape index (κ1) is 15.5. The standard InChI is InChI=1S/C14H17N3O3S/c1-21(19,20)17-8-6-11(7-9-17)14(18)16-13-5-3-2-4-12(13)10-15/h2-5,11H,6-9H2,1H3,(H,16,18). The molecule has 21 heavy (non-hydrogen) atoms. The third-order valence-electron chi connectivity index (χ3n) is 3.60. The highest BCUT2D eigenvalue weighted by Gasteiger charge is 2.29. The maximum absolute atomic E-state index is 12.2. The molecule has 1 heterocycles. The number of nitrogens with zero attached hydrogens (tertiary/aromatic N) is 2. The molecule has 1 N–H and O–H groups in total. The van der Waals surface area contributed by atoms with Crippen LogP contribution in [0.1, 0.15) is 18.4 Å². The molecule has 1 amide bonds. The molecule has 6 nitrogen and oxygen atoms in total. The first-order chi connectivity index (χ1) is 9.91. The Morgan fingerprint density at radius 2 is 1.95 bits per heavy atom. The number of hydrogen-bond donors (Lipinski definition) is 1. The molecule has 0 saturated carbocycles. The van der Waals surface area contributed by atoms with E-state index < -0.39 is 10.0 Å². The monoisotopic (exact) mass is 307 g/mol. The minimum Gasteiger partial charge on any atom is -0.325 e. The molecule has 1 aliphatic rings. The number of carbonyl (C=O) groups excluding carboxylic acids is 1. The Labute approximate surface area is 124 Å². The van der Waals surface area contributed by atoms with Gasteiger partial charge >= 0.3 is 0 Å². The van der Waals surface area contributed by atoms with Gasteiger partial charge in [0.1, 0.15) is 6.07 Å². The molecule has 0 radical (unpaired) electrons. The number of nitriles is 1. The highest BCUT2D eigenvalue weighted by molar-refractivity contribution is 7.88. The lowest BCUT2D eigenvalue weighted by atomic mass is 9.97. The van der Waals surface area contributed by atoms with Gasteiger partial charge in [0.25, 0.3) is 0 Å². The SMILES string of the molecule is CS(=O)(=O)N1CCC(C(=O)Nc2ccccc2C#N)CC1. The molecule has 1 fully saturated rings. The number of benzene rings is 1. The summed E-state index contributed by atoms with van der Waals surface area (Å²) >= 11 is 0. The van der Waals surface area contributed by atoms with Crippen LogP contribution in [-0.2, 0) is 14.8 Å². The molecular weight excluding hydrogens is 290 g/mol. The van der Waals surface area contributed by atoms with E-state index in [2.05, 4.69) is 5.32 Å². The van der Waals surface area contributed by atoms with Crippen LogP contribution in [0, 0.1) is 17.2 Å². The van der Waals surface area contributed by atoms with Gasteiger partial charge in [0.15, 0.2) is 0 Å². The van der Waals surface area contributed by atoms with Crippen LogP contribution in [0.5, 0.6) is 0 Å². The van der Waals surface area contributed by atoms with Crippen molar-refractivity contribution < 1.29 is 13.2 Å². The highest BCUT2D eigenvalue weighted by atomic mass is 32.2. The molecule has 0 bridgehead atoms. The van der Waals surface area contributed by atoms with Crippen molar-refractivity contribution in [3.05, 3.63) is 29.8 Å². The highest BCUT2D eigenvalue weighted by Crippen LogP contribution is 2.22. The van der Waals surface area contributed by atoms with Gasteiger partial charge in [-0.1, -0.05) is 12.1 Å². The number of amides is 1. The minimum absolute atomic E-state index is 0.161. The van der Waals surface area contributed by atoms with E-state index in [1.807, 2.05) is 6.07 Å². The van der Waals surface area contributed by atoms with Crippen LogP contribution in [0.4, 0.5) is 5.69 Å². The molecule has 7 heteroatoms. The van der Waals surface area contributed by atoms with E-state index in [0.29, 0.717) is 37.2 Å². The van der Waals surface area contributed by atoms with Gasteiger partial charge in [-0.2, -0.15) is 5.26 Å². The fraction of sp³-hybridized carbons (Fsp3) is 0.429. The summed E-state index contributed by atoms with van der Waals surface area (Å²) in [5.74, 6) is -0.388. The largest absolute Gasteiger partial charge is 0.325 e.